The van der Waals surface area contributed by atoms with Crippen molar-refractivity contribution in [3.8, 4) is 0 Å². The van der Waals surface area contributed by atoms with Gasteiger partial charge in [-0.05, 0) is 56.6 Å². The van der Waals surface area contributed by atoms with Gasteiger partial charge in [-0.3, -0.25) is 0 Å². The van der Waals surface area contributed by atoms with Crippen molar-refractivity contribution >= 4 is 0 Å². The van der Waals surface area contributed by atoms with Crippen LogP contribution < -0.4 is 5.32 Å². The zero-order valence-electron chi connectivity index (χ0n) is 13.2. The van der Waals surface area contributed by atoms with Gasteiger partial charge in [0.15, 0.2) is 0 Å². The smallest absolute Gasteiger partial charge is 0.0772 e. The summed E-state index contributed by atoms with van der Waals surface area (Å²) in [5.41, 5.74) is 2.15. The Kier molecular flexibility index (Phi) is 5.22. The van der Waals surface area contributed by atoms with Crippen LogP contribution in [0.25, 0.3) is 0 Å². The number of aryl methyl sites for hydroxylation is 1. The second kappa shape index (κ2) is 6.73. The topological polar surface area (TPSA) is 32.3 Å². The summed E-state index contributed by atoms with van der Waals surface area (Å²) in [4.78, 5) is 0. The minimum atomic E-state index is -0.497. The van der Waals surface area contributed by atoms with Crippen molar-refractivity contribution < 1.29 is 5.11 Å². The van der Waals surface area contributed by atoms with Gasteiger partial charge in [0.2, 0.25) is 0 Å². The first kappa shape index (κ1) is 15.5. The lowest BCUT2D eigenvalue weighted by Gasteiger charge is -2.37. The van der Waals surface area contributed by atoms with Crippen LogP contribution in [0, 0.1) is 12.8 Å². The van der Waals surface area contributed by atoms with Crippen LogP contribution in [0.4, 0.5) is 0 Å². The van der Waals surface area contributed by atoms with Crippen LogP contribution in [-0.4, -0.2) is 17.3 Å². The van der Waals surface area contributed by atoms with Crippen LogP contribution in [0.3, 0.4) is 0 Å². The molecule has 1 aromatic rings. The molecule has 0 bridgehead atoms. The van der Waals surface area contributed by atoms with Crippen LogP contribution in [0.2, 0.25) is 0 Å². The highest BCUT2D eigenvalue weighted by atomic mass is 16.3. The first-order chi connectivity index (χ1) is 9.54. The van der Waals surface area contributed by atoms with Crippen molar-refractivity contribution in [3.63, 3.8) is 0 Å². The van der Waals surface area contributed by atoms with E-state index in [0.717, 1.165) is 18.8 Å². The Morgan fingerprint density at radius 3 is 2.55 bits per heavy atom. The molecule has 0 aliphatic heterocycles. The number of aliphatic hydroxyl groups is 1. The molecule has 1 unspecified atom stereocenters. The molecule has 2 rings (SSSR count). The largest absolute Gasteiger partial charge is 0.389 e. The Balaban J connectivity index is 1.87. The number of rotatable bonds is 5. The van der Waals surface area contributed by atoms with E-state index >= 15 is 0 Å². The summed E-state index contributed by atoms with van der Waals surface area (Å²) in [6.07, 6.45) is 5.49. The molecule has 0 saturated heterocycles. The van der Waals surface area contributed by atoms with Crippen LogP contribution in [0.15, 0.2) is 24.3 Å². The summed E-state index contributed by atoms with van der Waals surface area (Å²) < 4.78 is 0. The second-order valence-electron chi connectivity index (χ2n) is 6.54. The molecule has 0 spiro atoms. The highest BCUT2D eigenvalue weighted by Gasteiger charge is 2.32. The third-order valence-electron chi connectivity index (χ3n) is 5.01. The molecule has 1 aliphatic carbocycles. The lowest BCUT2D eigenvalue weighted by atomic mass is 9.77. The van der Waals surface area contributed by atoms with Crippen molar-refractivity contribution in [1.82, 2.24) is 5.32 Å². The maximum absolute atomic E-state index is 10.7. The quantitative estimate of drug-likeness (QED) is 0.852. The van der Waals surface area contributed by atoms with E-state index in [4.69, 9.17) is 0 Å². The minimum absolute atomic E-state index is 0.295. The van der Waals surface area contributed by atoms with Crippen molar-refractivity contribution in [2.75, 3.05) is 6.54 Å². The molecule has 1 fully saturated rings. The van der Waals surface area contributed by atoms with Crippen LogP contribution in [-0.2, 0) is 0 Å². The Morgan fingerprint density at radius 2 is 1.95 bits per heavy atom. The fourth-order valence-corrected chi connectivity index (χ4v) is 3.33. The molecule has 0 radical (unpaired) electrons. The Hall–Kier alpha value is -0.860. The predicted molar refractivity (Wildman–Crippen MR) is 84.8 cm³/mol. The van der Waals surface area contributed by atoms with Crippen molar-refractivity contribution in [1.29, 1.82) is 0 Å². The average Bonchev–Trinajstić information content (AvgIpc) is 2.46. The van der Waals surface area contributed by atoms with E-state index in [0.29, 0.717) is 12.6 Å². The molecule has 112 valence electrons. The summed E-state index contributed by atoms with van der Waals surface area (Å²) in [6.45, 7) is 7.30. The molecule has 20 heavy (non-hydrogen) atoms. The highest BCUT2D eigenvalue weighted by molar-refractivity contribution is 5.28. The zero-order valence-corrected chi connectivity index (χ0v) is 13.2. The zero-order chi connectivity index (χ0) is 14.6. The Labute approximate surface area is 123 Å². The molecule has 0 amide bonds. The number of nitrogens with one attached hydrogen (secondary N) is 1. The van der Waals surface area contributed by atoms with Gasteiger partial charge in [-0.2, -0.15) is 0 Å². The van der Waals surface area contributed by atoms with Crippen molar-refractivity contribution in [2.45, 2.75) is 64.5 Å². The van der Waals surface area contributed by atoms with Gasteiger partial charge in [-0.15, -0.1) is 0 Å². The summed E-state index contributed by atoms with van der Waals surface area (Å²) in [6, 6.07) is 8.77. The summed E-state index contributed by atoms with van der Waals surface area (Å²) in [5, 5.41) is 14.2. The van der Waals surface area contributed by atoms with E-state index < -0.39 is 5.60 Å². The Morgan fingerprint density at radius 1 is 1.30 bits per heavy atom. The van der Waals surface area contributed by atoms with Gasteiger partial charge < -0.3 is 10.4 Å². The number of benzene rings is 1. The maximum atomic E-state index is 10.7. The van der Waals surface area contributed by atoms with E-state index in [9.17, 15) is 5.11 Å². The second-order valence-corrected chi connectivity index (χ2v) is 6.54. The van der Waals surface area contributed by atoms with E-state index in [2.05, 4.69) is 50.4 Å². The SMILES string of the molecule is CCC1CCC(O)(CNC(C)c2ccccc2C)CC1. The molecule has 1 atom stereocenters. The summed E-state index contributed by atoms with van der Waals surface area (Å²) in [7, 11) is 0. The molecule has 2 heteroatoms. The molecule has 1 saturated carbocycles. The fourth-order valence-electron chi connectivity index (χ4n) is 3.33. The molecule has 1 aromatic carbocycles. The molecule has 0 aromatic heterocycles. The van der Waals surface area contributed by atoms with Gasteiger partial charge in [-0.25, -0.2) is 0 Å². The van der Waals surface area contributed by atoms with E-state index in [1.54, 1.807) is 0 Å². The van der Waals surface area contributed by atoms with Crippen molar-refractivity contribution in [3.05, 3.63) is 35.4 Å². The molecule has 1 aliphatic rings. The molecular weight excluding hydrogens is 246 g/mol. The van der Waals surface area contributed by atoms with Gasteiger partial charge in [0.1, 0.15) is 0 Å². The van der Waals surface area contributed by atoms with Crippen LogP contribution >= 0.6 is 0 Å². The molecule has 0 heterocycles. The highest BCUT2D eigenvalue weighted by Crippen LogP contribution is 2.33. The maximum Gasteiger partial charge on any atom is 0.0772 e. The number of hydrogen-bond donors (Lipinski definition) is 2. The third kappa shape index (κ3) is 3.83. The minimum Gasteiger partial charge on any atom is -0.389 e. The lowest BCUT2D eigenvalue weighted by molar-refractivity contribution is -0.0103. The predicted octanol–water partition coefficient (Wildman–Crippen LogP) is 3.98. The van der Waals surface area contributed by atoms with Crippen LogP contribution in [0.1, 0.15) is 63.1 Å². The van der Waals surface area contributed by atoms with Gasteiger partial charge in [0.05, 0.1) is 5.60 Å². The first-order valence-electron chi connectivity index (χ1n) is 8.05. The van der Waals surface area contributed by atoms with Gasteiger partial charge in [0.25, 0.3) is 0 Å². The molecule has 2 N–H and O–H groups in total. The first-order valence-corrected chi connectivity index (χ1v) is 8.05. The average molecular weight is 275 g/mol. The summed E-state index contributed by atoms with van der Waals surface area (Å²) >= 11 is 0. The fraction of sp³-hybridized carbons (Fsp3) is 0.667. The van der Waals surface area contributed by atoms with E-state index in [1.165, 1.54) is 30.4 Å². The van der Waals surface area contributed by atoms with Gasteiger partial charge >= 0.3 is 0 Å². The Bertz CT molecular complexity index is 421. The van der Waals surface area contributed by atoms with E-state index in [1.807, 2.05) is 0 Å². The van der Waals surface area contributed by atoms with Gasteiger partial charge in [0, 0.05) is 12.6 Å². The van der Waals surface area contributed by atoms with Crippen LogP contribution in [0.5, 0.6) is 0 Å². The normalized spacial score (nSPS) is 28.3. The molecular formula is C18H29NO. The number of hydrogen-bond acceptors (Lipinski definition) is 2. The third-order valence-corrected chi connectivity index (χ3v) is 5.01. The standard InChI is InChI=1S/C18H29NO/c1-4-16-9-11-18(20,12-10-16)13-19-15(3)17-8-6-5-7-14(17)2/h5-8,15-16,19-20H,4,9-13H2,1-3H3. The van der Waals surface area contributed by atoms with Crippen molar-refractivity contribution in [2.24, 2.45) is 5.92 Å². The van der Waals surface area contributed by atoms with Gasteiger partial charge in [-0.1, -0.05) is 37.6 Å². The lowest BCUT2D eigenvalue weighted by Crippen LogP contribution is -2.44. The molecule has 2 nitrogen and oxygen atoms in total. The summed E-state index contributed by atoms with van der Waals surface area (Å²) in [5.74, 6) is 0.823. The monoisotopic (exact) mass is 275 g/mol. The van der Waals surface area contributed by atoms with E-state index in [-0.39, 0.29) is 0 Å².